The van der Waals surface area contributed by atoms with E-state index >= 15 is 0 Å². The van der Waals surface area contributed by atoms with Gasteiger partial charge in [-0.25, -0.2) is 0 Å². The molecule has 4 aliphatic rings. The van der Waals surface area contributed by atoms with Crippen molar-refractivity contribution < 1.29 is 24.6 Å². The molecule has 0 aliphatic heterocycles. The molecular formula is C25H36O5. The van der Waals surface area contributed by atoms with Gasteiger partial charge in [-0.1, -0.05) is 40.7 Å². The molecule has 4 rings (SSSR count). The molecule has 8 atom stereocenters. The third kappa shape index (κ3) is 2.57. The number of ketones is 3. The second-order valence-electron chi connectivity index (χ2n) is 11.8. The first-order valence-electron chi connectivity index (χ1n) is 11.4. The normalized spacial score (nSPS) is 49.4. The minimum Gasteiger partial charge on any atom is -0.393 e. The lowest BCUT2D eigenvalue weighted by Gasteiger charge is -2.67. The molecule has 0 radical (unpaired) electrons. The summed E-state index contributed by atoms with van der Waals surface area (Å²) in [7, 11) is 0. The van der Waals surface area contributed by atoms with E-state index in [1.54, 1.807) is 6.08 Å². The lowest BCUT2D eigenvalue weighted by molar-refractivity contribution is -0.211. The third-order valence-corrected chi connectivity index (χ3v) is 10.1. The van der Waals surface area contributed by atoms with E-state index in [0.717, 1.165) is 12.8 Å². The van der Waals surface area contributed by atoms with Crippen molar-refractivity contribution >= 4 is 17.3 Å². The van der Waals surface area contributed by atoms with Crippen LogP contribution in [0, 0.1) is 45.3 Å². The van der Waals surface area contributed by atoms with Gasteiger partial charge in [-0.2, -0.15) is 0 Å². The quantitative estimate of drug-likeness (QED) is 0.738. The molecule has 2 N–H and O–H groups in total. The Labute approximate surface area is 179 Å². The van der Waals surface area contributed by atoms with E-state index in [4.69, 9.17) is 0 Å². The van der Waals surface area contributed by atoms with E-state index < -0.39 is 23.5 Å². The lowest BCUT2D eigenvalue weighted by atomic mass is 9.37. The standard InChI is InChI=1S/C25H36O5/c1-22(2)18-12-20(30)25(5)17(24(18,4)9-7-19(22)29)6-8-23(3)14(10-15(27)13-26)11-16(28)21(23)25/h7,9,14,17-18,20-21,26,30H,6,8,10-13H2,1-5H3/t14-,17-,18+,20-,21-,23+,24-,25+/m1/s1. The van der Waals surface area contributed by atoms with Crippen molar-refractivity contribution in [3.63, 3.8) is 0 Å². The average molecular weight is 417 g/mol. The number of allylic oxidation sites excluding steroid dienone is 2. The fourth-order valence-corrected chi connectivity index (χ4v) is 8.54. The molecule has 4 aliphatic carbocycles. The van der Waals surface area contributed by atoms with Gasteiger partial charge in [0.2, 0.25) is 0 Å². The number of carbonyl (C=O) groups excluding carboxylic acids is 3. The summed E-state index contributed by atoms with van der Waals surface area (Å²) in [6, 6.07) is 0. The molecule has 0 saturated heterocycles. The van der Waals surface area contributed by atoms with E-state index in [1.807, 2.05) is 13.8 Å². The van der Waals surface area contributed by atoms with Gasteiger partial charge >= 0.3 is 0 Å². The average Bonchev–Trinajstić information content (AvgIpc) is 2.92. The van der Waals surface area contributed by atoms with Crippen LogP contribution in [0.5, 0.6) is 0 Å². The zero-order valence-corrected chi connectivity index (χ0v) is 18.9. The number of fused-ring (bicyclic) bond motifs is 5. The molecule has 30 heavy (non-hydrogen) atoms. The number of aliphatic hydroxyl groups excluding tert-OH is 2. The number of aliphatic hydroxyl groups is 2. The largest absolute Gasteiger partial charge is 0.393 e. The molecule has 3 saturated carbocycles. The number of hydrogen-bond acceptors (Lipinski definition) is 5. The molecule has 0 aromatic heterocycles. The van der Waals surface area contributed by atoms with Crippen molar-refractivity contribution in [1.82, 2.24) is 0 Å². The van der Waals surface area contributed by atoms with Gasteiger partial charge in [0, 0.05) is 29.6 Å². The number of Topliss-reactive ketones (excluding diaryl/α,β-unsaturated/α-hetero) is 2. The van der Waals surface area contributed by atoms with Gasteiger partial charge in [-0.15, -0.1) is 0 Å². The van der Waals surface area contributed by atoms with E-state index in [0.29, 0.717) is 12.8 Å². The summed E-state index contributed by atoms with van der Waals surface area (Å²) in [5, 5.41) is 20.8. The number of hydrogen-bond donors (Lipinski definition) is 2. The number of rotatable bonds is 3. The maximum atomic E-state index is 13.4. The van der Waals surface area contributed by atoms with Crippen molar-refractivity contribution in [2.24, 2.45) is 45.3 Å². The second kappa shape index (κ2) is 6.59. The molecule has 0 amide bonds. The van der Waals surface area contributed by atoms with Crippen LogP contribution in [0.15, 0.2) is 12.2 Å². The molecule has 5 heteroatoms. The highest BCUT2D eigenvalue weighted by Crippen LogP contribution is 2.72. The monoisotopic (exact) mass is 416 g/mol. The van der Waals surface area contributed by atoms with Crippen LogP contribution in [-0.2, 0) is 14.4 Å². The first-order valence-corrected chi connectivity index (χ1v) is 11.4. The minimum atomic E-state index is -0.667. The maximum Gasteiger partial charge on any atom is 0.161 e. The highest BCUT2D eigenvalue weighted by molar-refractivity contribution is 5.96. The Morgan fingerprint density at radius 2 is 1.80 bits per heavy atom. The van der Waals surface area contributed by atoms with Crippen LogP contribution in [0.25, 0.3) is 0 Å². The lowest BCUT2D eigenvalue weighted by Crippen LogP contribution is -2.66. The smallest absolute Gasteiger partial charge is 0.161 e. The Balaban J connectivity index is 1.79. The first-order chi connectivity index (χ1) is 13.8. The predicted octanol–water partition coefficient (Wildman–Crippen LogP) is 3.12. The Morgan fingerprint density at radius 1 is 1.13 bits per heavy atom. The summed E-state index contributed by atoms with van der Waals surface area (Å²) in [4.78, 5) is 38.0. The minimum absolute atomic E-state index is 0.0307. The molecule has 0 aromatic carbocycles. The summed E-state index contributed by atoms with van der Waals surface area (Å²) >= 11 is 0. The van der Waals surface area contributed by atoms with Gasteiger partial charge < -0.3 is 10.2 Å². The molecule has 0 unspecified atom stereocenters. The third-order valence-electron chi connectivity index (χ3n) is 10.1. The highest BCUT2D eigenvalue weighted by Gasteiger charge is 2.71. The molecule has 3 fully saturated rings. The predicted molar refractivity (Wildman–Crippen MR) is 112 cm³/mol. The van der Waals surface area contributed by atoms with E-state index in [1.165, 1.54) is 0 Å². The summed E-state index contributed by atoms with van der Waals surface area (Å²) in [6.07, 6.45) is 5.89. The van der Waals surface area contributed by atoms with Crippen LogP contribution in [-0.4, -0.2) is 40.3 Å². The summed E-state index contributed by atoms with van der Waals surface area (Å²) in [5.41, 5.74) is -1.73. The summed E-state index contributed by atoms with van der Waals surface area (Å²) in [5.74, 6) is -0.210. The van der Waals surface area contributed by atoms with Crippen LogP contribution < -0.4 is 0 Å². The molecule has 0 aromatic rings. The summed E-state index contributed by atoms with van der Waals surface area (Å²) < 4.78 is 0. The van der Waals surface area contributed by atoms with Crippen molar-refractivity contribution in [3.05, 3.63) is 12.2 Å². The van der Waals surface area contributed by atoms with Crippen LogP contribution in [0.1, 0.15) is 66.7 Å². The zero-order valence-electron chi connectivity index (χ0n) is 18.9. The van der Waals surface area contributed by atoms with E-state index in [9.17, 15) is 24.6 Å². The molecule has 5 nitrogen and oxygen atoms in total. The van der Waals surface area contributed by atoms with E-state index in [-0.39, 0.29) is 58.3 Å². The van der Waals surface area contributed by atoms with Gasteiger partial charge in [0.25, 0.3) is 0 Å². The first kappa shape index (κ1) is 21.9. The number of carbonyl (C=O) groups is 3. The van der Waals surface area contributed by atoms with Gasteiger partial charge in [0.1, 0.15) is 12.4 Å². The fraction of sp³-hybridized carbons (Fsp3) is 0.800. The van der Waals surface area contributed by atoms with Crippen LogP contribution in [0.3, 0.4) is 0 Å². The topological polar surface area (TPSA) is 91.7 Å². The molecule has 0 spiro atoms. The molecular weight excluding hydrogens is 380 g/mol. The Hall–Kier alpha value is -1.33. The van der Waals surface area contributed by atoms with Crippen molar-refractivity contribution in [2.45, 2.75) is 72.8 Å². The Kier molecular flexibility index (Phi) is 4.80. The Bertz CT molecular complexity index is 827. The molecule has 0 heterocycles. The van der Waals surface area contributed by atoms with E-state index in [2.05, 4.69) is 26.8 Å². The van der Waals surface area contributed by atoms with Crippen LogP contribution in [0.2, 0.25) is 0 Å². The van der Waals surface area contributed by atoms with Crippen molar-refractivity contribution in [1.29, 1.82) is 0 Å². The van der Waals surface area contributed by atoms with Gasteiger partial charge in [0.15, 0.2) is 11.6 Å². The maximum absolute atomic E-state index is 13.4. The van der Waals surface area contributed by atoms with Gasteiger partial charge in [-0.3, -0.25) is 14.4 Å². The zero-order chi connectivity index (χ0) is 22.3. The SMILES string of the molecule is CC1(C)C(=O)C=C[C@]2(C)[C@H]3CC[C@@]4(C)[C@H](CC(=O)CO)CC(=O)[C@H]4[C@]3(C)[C@H](O)C[C@@H]12. The highest BCUT2D eigenvalue weighted by atomic mass is 16.3. The second-order valence-corrected chi connectivity index (χ2v) is 11.8. The van der Waals surface area contributed by atoms with Crippen molar-refractivity contribution in [3.8, 4) is 0 Å². The molecule has 166 valence electrons. The van der Waals surface area contributed by atoms with Crippen LogP contribution >= 0.6 is 0 Å². The van der Waals surface area contributed by atoms with Gasteiger partial charge in [-0.05, 0) is 53.9 Å². The fourth-order valence-electron chi connectivity index (χ4n) is 8.54. The molecule has 0 bridgehead atoms. The Morgan fingerprint density at radius 3 is 2.43 bits per heavy atom. The van der Waals surface area contributed by atoms with Gasteiger partial charge in [0.05, 0.1) is 6.10 Å². The van der Waals surface area contributed by atoms with Crippen molar-refractivity contribution in [2.75, 3.05) is 6.61 Å². The summed E-state index contributed by atoms with van der Waals surface area (Å²) in [6.45, 7) is 9.90. The van der Waals surface area contributed by atoms with Crippen LogP contribution in [0.4, 0.5) is 0 Å².